The molecule has 0 bridgehead atoms. The van der Waals surface area contributed by atoms with Gasteiger partial charge in [-0.15, -0.1) is 0 Å². The van der Waals surface area contributed by atoms with E-state index in [4.69, 9.17) is 9.52 Å². The molecule has 0 aromatic carbocycles. The molecule has 1 heterocycles. The highest BCUT2D eigenvalue weighted by atomic mass is 16.4. The molecule has 0 spiro atoms. The number of hydrogen-bond acceptors (Lipinski definition) is 2. The van der Waals surface area contributed by atoms with Crippen molar-refractivity contribution in [1.82, 2.24) is 0 Å². The molecular weight excluding hydrogens is 164 g/mol. The summed E-state index contributed by atoms with van der Waals surface area (Å²) in [7, 11) is 0. The molecule has 1 aromatic rings. The lowest BCUT2D eigenvalue weighted by Crippen LogP contribution is -2.09. The zero-order chi connectivity index (χ0) is 9.42. The molecule has 72 valence electrons. The van der Waals surface area contributed by atoms with Crippen molar-refractivity contribution in [2.45, 2.75) is 39.7 Å². The van der Waals surface area contributed by atoms with Gasteiger partial charge in [-0.25, -0.2) is 0 Å². The van der Waals surface area contributed by atoms with Crippen molar-refractivity contribution in [2.24, 2.45) is 5.92 Å². The van der Waals surface area contributed by atoms with Gasteiger partial charge in [-0.05, 0) is 36.8 Å². The molecule has 1 aliphatic rings. The van der Waals surface area contributed by atoms with E-state index in [-0.39, 0.29) is 6.61 Å². The third-order valence-corrected chi connectivity index (χ3v) is 3.02. The fraction of sp³-hybridized carbons (Fsp3) is 0.636. The van der Waals surface area contributed by atoms with Gasteiger partial charge in [0, 0.05) is 6.42 Å². The summed E-state index contributed by atoms with van der Waals surface area (Å²) < 4.78 is 5.61. The van der Waals surface area contributed by atoms with Gasteiger partial charge >= 0.3 is 0 Å². The van der Waals surface area contributed by atoms with Crippen LogP contribution in [0.25, 0.3) is 0 Å². The zero-order valence-electron chi connectivity index (χ0n) is 8.26. The quantitative estimate of drug-likeness (QED) is 0.718. The average molecular weight is 180 g/mol. The maximum absolute atomic E-state index is 9.04. The summed E-state index contributed by atoms with van der Waals surface area (Å²) in [4.78, 5) is 0. The third-order valence-electron chi connectivity index (χ3n) is 3.02. The van der Waals surface area contributed by atoms with Crippen LogP contribution < -0.4 is 0 Å². The summed E-state index contributed by atoms with van der Waals surface area (Å²) in [6.07, 6.45) is 3.40. The van der Waals surface area contributed by atoms with Gasteiger partial charge in [0.25, 0.3) is 0 Å². The highest BCUT2D eigenvalue weighted by Crippen LogP contribution is 2.31. The van der Waals surface area contributed by atoms with E-state index in [9.17, 15) is 0 Å². The van der Waals surface area contributed by atoms with Crippen molar-refractivity contribution in [3.63, 3.8) is 0 Å². The van der Waals surface area contributed by atoms with E-state index in [0.717, 1.165) is 30.3 Å². The Balaban J connectivity index is 2.39. The van der Waals surface area contributed by atoms with Crippen molar-refractivity contribution in [1.29, 1.82) is 0 Å². The van der Waals surface area contributed by atoms with Crippen LogP contribution in [0.4, 0.5) is 0 Å². The first kappa shape index (κ1) is 8.82. The molecule has 2 heteroatoms. The SMILES string of the molecule is Cc1c(CO)oc2c1CCC(C)C2. The predicted octanol–water partition coefficient (Wildman–Crippen LogP) is 2.21. The van der Waals surface area contributed by atoms with Gasteiger partial charge in [0.15, 0.2) is 0 Å². The fourth-order valence-corrected chi connectivity index (χ4v) is 2.12. The summed E-state index contributed by atoms with van der Waals surface area (Å²) in [5.74, 6) is 2.60. The van der Waals surface area contributed by atoms with E-state index in [1.165, 1.54) is 17.5 Å². The number of hydrogen-bond donors (Lipinski definition) is 1. The normalized spacial score (nSPS) is 21.6. The van der Waals surface area contributed by atoms with Crippen molar-refractivity contribution in [3.8, 4) is 0 Å². The summed E-state index contributed by atoms with van der Waals surface area (Å²) in [6, 6.07) is 0. The summed E-state index contributed by atoms with van der Waals surface area (Å²) in [5, 5.41) is 9.04. The molecule has 0 saturated heterocycles. The monoisotopic (exact) mass is 180 g/mol. The second kappa shape index (κ2) is 3.18. The second-order valence-corrected chi connectivity index (χ2v) is 4.06. The van der Waals surface area contributed by atoms with Crippen LogP contribution in [0, 0.1) is 12.8 Å². The first-order chi connectivity index (χ1) is 6.22. The van der Waals surface area contributed by atoms with Crippen LogP contribution in [0.2, 0.25) is 0 Å². The van der Waals surface area contributed by atoms with Crippen LogP contribution in [0.5, 0.6) is 0 Å². The highest BCUT2D eigenvalue weighted by molar-refractivity contribution is 5.34. The van der Waals surface area contributed by atoms with E-state index < -0.39 is 0 Å². The van der Waals surface area contributed by atoms with E-state index in [1.807, 2.05) is 6.92 Å². The Kier molecular flexibility index (Phi) is 2.16. The molecule has 2 rings (SSSR count). The molecule has 2 nitrogen and oxygen atoms in total. The number of rotatable bonds is 1. The van der Waals surface area contributed by atoms with Gasteiger partial charge in [-0.2, -0.15) is 0 Å². The minimum Gasteiger partial charge on any atom is -0.463 e. The second-order valence-electron chi connectivity index (χ2n) is 4.06. The van der Waals surface area contributed by atoms with Gasteiger partial charge < -0.3 is 9.52 Å². The van der Waals surface area contributed by atoms with E-state index in [0.29, 0.717) is 0 Å². The third kappa shape index (κ3) is 1.39. The number of furan rings is 1. The molecule has 0 radical (unpaired) electrons. The standard InChI is InChI=1S/C11H16O2/c1-7-3-4-9-8(2)11(6-12)13-10(9)5-7/h7,12H,3-6H2,1-2H3. The van der Waals surface area contributed by atoms with Crippen LogP contribution in [0.3, 0.4) is 0 Å². The number of fused-ring (bicyclic) bond motifs is 1. The van der Waals surface area contributed by atoms with Crippen molar-refractivity contribution < 1.29 is 9.52 Å². The Labute approximate surface area is 78.6 Å². The molecule has 0 aliphatic heterocycles. The Morgan fingerprint density at radius 2 is 2.31 bits per heavy atom. The molecule has 0 amide bonds. The van der Waals surface area contributed by atoms with Gasteiger partial charge in [-0.1, -0.05) is 6.92 Å². The van der Waals surface area contributed by atoms with Gasteiger partial charge in [-0.3, -0.25) is 0 Å². The van der Waals surface area contributed by atoms with Crippen LogP contribution in [-0.2, 0) is 19.4 Å². The van der Waals surface area contributed by atoms with Crippen LogP contribution in [0.15, 0.2) is 4.42 Å². The van der Waals surface area contributed by atoms with Gasteiger partial charge in [0.1, 0.15) is 18.1 Å². The van der Waals surface area contributed by atoms with Gasteiger partial charge in [0.2, 0.25) is 0 Å². The minimum absolute atomic E-state index is 0.0349. The summed E-state index contributed by atoms with van der Waals surface area (Å²) >= 11 is 0. The molecule has 0 fully saturated rings. The lowest BCUT2D eigenvalue weighted by atomic mass is 9.88. The van der Waals surface area contributed by atoms with Crippen LogP contribution in [0.1, 0.15) is 36.0 Å². The Morgan fingerprint density at radius 3 is 3.00 bits per heavy atom. The van der Waals surface area contributed by atoms with Crippen molar-refractivity contribution in [2.75, 3.05) is 0 Å². The van der Waals surface area contributed by atoms with Crippen molar-refractivity contribution >= 4 is 0 Å². The first-order valence-electron chi connectivity index (χ1n) is 4.93. The van der Waals surface area contributed by atoms with Crippen LogP contribution in [-0.4, -0.2) is 5.11 Å². The number of aliphatic hydroxyl groups excluding tert-OH is 1. The van der Waals surface area contributed by atoms with Crippen molar-refractivity contribution in [3.05, 3.63) is 22.6 Å². The largest absolute Gasteiger partial charge is 0.463 e. The highest BCUT2D eigenvalue weighted by Gasteiger charge is 2.22. The summed E-state index contributed by atoms with van der Waals surface area (Å²) in [5.41, 5.74) is 2.52. The minimum atomic E-state index is 0.0349. The molecule has 13 heavy (non-hydrogen) atoms. The smallest absolute Gasteiger partial charge is 0.132 e. The molecular formula is C11H16O2. The molecule has 1 N–H and O–H groups in total. The lowest BCUT2D eigenvalue weighted by Gasteiger charge is -2.16. The molecule has 1 atom stereocenters. The predicted molar refractivity (Wildman–Crippen MR) is 50.6 cm³/mol. The van der Waals surface area contributed by atoms with E-state index in [1.54, 1.807) is 0 Å². The summed E-state index contributed by atoms with van der Waals surface area (Å²) in [6.45, 7) is 4.33. The molecule has 1 unspecified atom stereocenters. The Bertz CT molecular complexity index is 312. The molecule has 1 aromatic heterocycles. The Morgan fingerprint density at radius 1 is 1.54 bits per heavy atom. The lowest BCUT2D eigenvalue weighted by molar-refractivity contribution is 0.240. The first-order valence-corrected chi connectivity index (χ1v) is 4.93. The van der Waals surface area contributed by atoms with Crippen LogP contribution >= 0.6 is 0 Å². The average Bonchev–Trinajstić information content (AvgIpc) is 2.42. The Hall–Kier alpha value is -0.760. The van der Waals surface area contributed by atoms with Gasteiger partial charge in [0.05, 0.1) is 0 Å². The topological polar surface area (TPSA) is 33.4 Å². The number of aliphatic hydroxyl groups is 1. The molecule has 0 saturated carbocycles. The van der Waals surface area contributed by atoms with E-state index in [2.05, 4.69) is 6.92 Å². The van der Waals surface area contributed by atoms with E-state index >= 15 is 0 Å². The maximum Gasteiger partial charge on any atom is 0.132 e. The maximum atomic E-state index is 9.04. The zero-order valence-corrected chi connectivity index (χ0v) is 8.26. The fourth-order valence-electron chi connectivity index (χ4n) is 2.12. The molecule has 1 aliphatic carbocycles.